The summed E-state index contributed by atoms with van der Waals surface area (Å²) in [6.07, 6.45) is 2.67. The molecule has 0 spiro atoms. The van der Waals surface area contributed by atoms with Crippen LogP contribution < -0.4 is 5.32 Å². The summed E-state index contributed by atoms with van der Waals surface area (Å²) in [5, 5.41) is 3.57. The molecule has 1 aliphatic rings. The van der Waals surface area contributed by atoms with Gasteiger partial charge in [-0.05, 0) is 37.3 Å². The SMILES string of the molecule is COCC(CNCC(C)C)N1CCCC(C)(C)C1. The largest absolute Gasteiger partial charge is 0.383 e. The van der Waals surface area contributed by atoms with E-state index in [-0.39, 0.29) is 0 Å². The van der Waals surface area contributed by atoms with Crippen LogP contribution in [0.2, 0.25) is 0 Å². The second-order valence-electron chi connectivity index (χ2n) is 6.90. The van der Waals surface area contributed by atoms with Gasteiger partial charge in [0.05, 0.1) is 6.61 Å². The zero-order valence-electron chi connectivity index (χ0n) is 13.0. The highest BCUT2D eigenvalue weighted by molar-refractivity contribution is 4.84. The molecule has 18 heavy (non-hydrogen) atoms. The Bertz CT molecular complexity index is 229. The number of hydrogen-bond donors (Lipinski definition) is 1. The Morgan fingerprint density at radius 1 is 1.28 bits per heavy atom. The fraction of sp³-hybridized carbons (Fsp3) is 1.00. The van der Waals surface area contributed by atoms with Crippen molar-refractivity contribution in [2.75, 3.05) is 39.9 Å². The van der Waals surface area contributed by atoms with E-state index in [0.717, 1.165) is 19.7 Å². The molecule has 0 aliphatic carbocycles. The third-order valence-corrected chi connectivity index (χ3v) is 3.74. The van der Waals surface area contributed by atoms with E-state index in [0.29, 0.717) is 17.4 Å². The molecule has 0 bridgehead atoms. The average molecular weight is 256 g/mol. The molecule has 1 unspecified atom stereocenters. The quantitative estimate of drug-likeness (QED) is 0.757. The normalized spacial score (nSPS) is 22.3. The van der Waals surface area contributed by atoms with Crippen LogP contribution in [0.25, 0.3) is 0 Å². The zero-order valence-corrected chi connectivity index (χ0v) is 13.0. The van der Waals surface area contributed by atoms with Crippen LogP contribution >= 0.6 is 0 Å². The topological polar surface area (TPSA) is 24.5 Å². The number of ether oxygens (including phenoxy) is 1. The van der Waals surface area contributed by atoms with Gasteiger partial charge in [0.1, 0.15) is 0 Å². The summed E-state index contributed by atoms with van der Waals surface area (Å²) in [5.41, 5.74) is 0.461. The summed E-state index contributed by atoms with van der Waals surface area (Å²) in [7, 11) is 1.81. The first-order valence-corrected chi connectivity index (χ1v) is 7.38. The first-order chi connectivity index (χ1) is 8.44. The summed E-state index contributed by atoms with van der Waals surface area (Å²) in [6, 6.07) is 0.522. The average Bonchev–Trinajstić information content (AvgIpc) is 2.26. The molecule has 1 N–H and O–H groups in total. The Morgan fingerprint density at radius 3 is 2.56 bits per heavy atom. The predicted octanol–water partition coefficient (Wildman–Crippen LogP) is 2.37. The number of hydrogen-bond acceptors (Lipinski definition) is 3. The Balaban J connectivity index is 2.44. The molecule has 0 amide bonds. The van der Waals surface area contributed by atoms with Crippen molar-refractivity contribution < 1.29 is 4.74 Å². The van der Waals surface area contributed by atoms with Gasteiger partial charge in [0, 0.05) is 26.2 Å². The fourth-order valence-corrected chi connectivity index (χ4v) is 2.80. The van der Waals surface area contributed by atoms with Crippen molar-refractivity contribution in [1.82, 2.24) is 10.2 Å². The van der Waals surface area contributed by atoms with Gasteiger partial charge in [0.25, 0.3) is 0 Å². The van der Waals surface area contributed by atoms with Crippen LogP contribution in [0.5, 0.6) is 0 Å². The van der Waals surface area contributed by atoms with Gasteiger partial charge in [-0.3, -0.25) is 4.90 Å². The monoisotopic (exact) mass is 256 g/mol. The molecule has 1 saturated heterocycles. The van der Waals surface area contributed by atoms with Crippen molar-refractivity contribution >= 4 is 0 Å². The van der Waals surface area contributed by atoms with Gasteiger partial charge in [0.15, 0.2) is 0 Å². The summed E-state index contributed by atoms with van der Waals surface area (Å²) >= 11 is 0. The van der Waals surface area contributed by atoms with Crippen molar-refractivity contribution in [2.45, 2.75) is 46.6 Å². The highest BCUT2D eigenvalue weighted by atomic mass is 16.5. The molecular weight excluding hydrogens is 224 g/mol. The van der Waals surface area contributed by atoms with Crippen LogP contribution in [-0.2, 0) is 4.74 Å². The highest BCUT2D eigenvalue weighted by Crippen LogP contribution is 2.29. The molecule has 1 rings (SSSR count). The Labute approximate surface area is 113 Å². The second-order valence-corrected chi connectivity index (χ2v) is 6.90. The lowest BCUT2D eigenvalue weighted by Crippen LogP contribution is -2.51. The second kappa shape index (κ2) is 7.46. The van der Waals surface area contributed by atoms with Crippen molar-refractivity contribution in [3.05, 3.63) is 0 Å². The molecule has 1 aliphatic heterocycles. The van der Waals surface area contributed by atoms with Crippen molar-refractivity contribution in [3.63, 3.8) is 0 Å². The van der Waals surface area contributed by atoms with Crippen molar-refractivity contribution in [2.24, 2.45) is 11.3 Å². The molecule has 108 valence electrons. The van der Waals surface area contributed by atoms with Crippen molar-refractivity contribution in [3.8, 4) is 0 Å². The first kappa shape index (κ1) is 15.9. The lowest BCUT2D eigenvalue weighted by atomic mass is 9.83. The zero-order chi connectivity index (χ0) is 13.6. The summed E-state index contributed by atoms with van der Waals surface area (Å²) < 4.78 is 5.40. The maximum Gasteiger partial charge on any atom is 0.0630 e. The Hall–Kier alpha value is -0.120. The van der Waals surface area contributed by atoms with Gasteiger partial charge in [-0.1, -0.05) is 27.7 Å². The molecule has 0 radical (unpaired) electrons. The van der Waals surface area contributed by atoms with Gasteiger partial charge in [-0.2, -0.15) is 0 Å². The molecule has 0 aromatic carbocycles. The van der Waals surface area contributed by atoms with E-state index in [1.165, 1.54) is 25.9 Å². The van der Waals surface area contributed by atoms with Gasteiger partial charge < -0.3 is 10.1 Å². The molecule has 3 heteroatoms. The van der Waals surface area contributed by atoms with Gasteiger partial charge in [-0.15, -0.1) is 0 Å². The highest BCUT2D eigenvalue weighted by Gasteiger charge is 2.30. The van der Waals surface area contributed by atoms with Crippen LogP contribution in [0.3, 0.4) is 0 Å². The number of methoxy groups -OCH3 is 1. The number of nitrogens with one attached hydrogen (secondary N) is 1. The number of likely N-dealkylation sites (tertiary alicyclic amines) is 1. The Morgan fingerprint density at radius 2 is 2.00 bits per heavy atom. The summed E-state index contributed by atoms with van der Waals surface area (Å²) in [4.78, 5) is 2.61. The number of rotatable bonds is 7. The number of piperidine rings is 1. The molecule has 1 heterocycles. The van der Waals surface area contributed by atoms with E-state index in [9.17, 15) is 0 Å². The standard InChI is InChI=1S/C15H32N2O/c1-13(2)9-16-10-14(11-18-5)17-8-6-7-15(3,4)12-17/h13-14,16H,6-12H2,1-5H3. The summed E-state index contributed by atoms with van der Waals surface area (Å²) in [6.45, 7) is 14.7. The molecule has 0 aromatic heterocycles. The van der Waals surface area contributed by atoms with E-state index in [4.69, 9.17) is 4.74 Å². The minimum absolute atomic E-state index is 0.461. The maximum absolute atomic E-state index is 5.40. The molecule has 0 aromatic rings. The van der Waals surface area contributed by atoms with E-state index in [2.05, 4.69) is 37.9 Å². The molecule has 3 nitrogen and oxygen atoms in total. The van der Waals surface area contributed by atoms with Gasteiger partial charge in [-0.25, -0.2) is 0 Å². The van der Waals surface area contributed by atoms with Gasteiger partial charge in [0.2, 0.25) is 0 Å². The lowest BCUT2D eigenvalue weighted by Gasteiger charge is -2.42. The minimum atomic E-state index is 0.461. The van der Waals surface area contributed by atoms with E-state index in [1.54, 1.807) is 0 Å². The fourth-order valence-electron chi connectivity index (χ4n) is 2.80. The van der Waals surface area contributed by atoms with Crippen LogP contribution in [0.15, 0.2) is 0 Å². The van der Waals surface area contributed by atoms with Crippen LogP contribution in [0.4, 0.5) is 0 Å². The predicted molar refractivity (Wildman–Crippen MR) is 78.0 cm³/mol. The minimum Gasteiger partial charge on any atom is -0.383 e. The van der Waals surface area contributed by atoms with Crippen LogP contribution in [0.1, 0.15) is 40.5 Å². The third-order valence-electron chi connectivity index (χ3n) is 3.74. The number of nitrogens with zero attached hydrogens (tertiary/aromatic N) is 1. The summed E-state index contributed by atoms with van der Waals surface area (Å²) in [5.74, 6) is 0.714. The van der Waals surface area contributed by atoms with E-state index < -0.39 is 0 Å². The maximum atomic E-state index is 5.40. The van der Waals surface area contributed by atoms with Crippen molar-refractivity contribution in [1.29, 1.82) is 0 Å². The molecule has 0 saturated carbocycles. The third kappa shape index (κ3) is 5.68. The van der Waals surface area contributed by atoms with E-state index >= 15 is 0 Å². The smallest absolute Gasteiger partial charge is 0.0630 e. The van der Waals surface area contributed by atoms with E-state index in [1.807, 2.05) is 7.11 Å². The molecular formula is C15H32N2O. The molecule has 1 atom stereocenters. The van der Waals surface area contributed by atoms with Crippen LogP contribution in [0, 0.1) is 11.3 Å². The lowest BCUT2D eigenvalue weighted by molar-refractivity contribution is 0.0354. The Kier molecular flexibility index (Phi) is 6.61. The first-order valence-electron chi connectivity index (χ1n) is 7.38. The van der Waals surface area contributed by atoms with Gasteiger partial charge >= 0.3 is 0 Å². The molecule has 1 fully saturated rings. The van der Waals surface area contributed by atoms with Crippen LogP contribution in [-0.4, -0.2) is 50.8 Å².